The third-order valence-electron chi connectivity index (χ3n) is 5.04. The SMILES string of the molecule is Cc1cc(C)c(C#N)c(C#N)c1C.Cc1cc(C)c2c(c1C)C(=N)N=C2N. The van der Waals surface area contributed by atoms with Crippen molar-refractivity contribution in [2.75, 3.05) is 0 Å². The van der Waals surface area contributed by atoms with Gasteiger partial charge in [-0.05, 0) is 74.9 Å². The van der Waals surface area contributed by atoms with E-state index in [1.165, 1.54) is 5.56 Å². The molecule has 2 aromatic carbocycles. The number of benzene rings is 2. The quantitative estimate of drug-likeness (QED) is 0.743. The van der Waals surface area contributed by atoms with Gasteiger partial charge in [-0.15, -0.1) is 0 Å². The maximum atomic E-state index is 8.88. The van der Waals surface area contributed by atoms with E-state index >= 15 is 0 Å². The Bertz CT molecular complexity index is 1080. The Hall–Kier alpha value is -3.44. The van der Waals surface area contributed by atoms with Gasteiger partial charge in [-0.2, -0.15) is 10.5 Å². The first-order valence-corrected chi connectivity index (χ1v) is 8.59. The lowest BCUT2D eigenvalue weighted by Gasteiger charge is -2.10. The minimum Gasteiger partial charge on any atom is -0.383 e. The van der Waals surface area contributed by atoms with E-state index in [1.54, 1.807) is 0 Å². The summed E-state index contributed by atoms with van der Waals surface area (Å²) < 4.78 is 0. The number of hydrogen-bond acceptors (Lipinski definition) is 4. The highest BCUT2D eigenvalue weighted by Crippen LogP contribution is 2.26. The topological polar surface area (TPSA) is 110 Å². The molecular formula is C22H23N5. The highest BCUT2D eigenvalue weighted by atomic mass is 14.9. The molecule has 136 valence electrons. The van der Waals surface area contributed by atoms with Crippen molar-refractivity contribution >= 4 is 11.7 Å². The number of nitrogens with one attached hydrogen (secondary N) is 1. The van der Waals surface area contributed by atoms with E-state index in [2.05, 4.69) is 23.2 Å². The van der Waals surface area contributed by atoms with E-state index in [1.807, 2.05) is 47.6 Å². The zero-order chi connectivity index (χ0) is 20.5. The molecule has 0 bridgehead atoms. The maximum absolute atomic E-state index is 8.88. The number of amidine groups is 2. The largest absolute Gasteiger partial charge is 0.383 e. The van der Waals surface area contributed by atoms with Crippen LogP contribution in [0.4, 0.5) is 0 Å². The number of fused-ring (bicyclic) bond motifs is 1. The third kappa shape index (κ3) is 3.45. The summed E-state index contributed by atoms with van der Waals surface area (Å²) >= 11 is 0. The first-order chi connectivity index (χ1) is 12.6. The van der Waals surface area contributed by atoms with Gasteiger partial charge in [0, 0.05) is 11.1 Å². The molecular weight excluding hydrogens is 334 g/mol. The van der Waals surface area contributed by atoms with Gasteiger partial charge in [0.05, 0.1) is 11.1 Å². The summed E-state index contributed by atoms with van der Waals surface area (Å²) in [7, 11) is 0. The van der Waals surface area contributed by atoms with Crippen LogP contribution in [0.3, 0.4) is 0 Å². The van der Waals surface area contributed by atoms with Crippen molar-refractivity contribution in [2.24, 2.45) is 10.7 Å². The molecule has 0 spiro atoms. The van der Waals surface area contributed by atoms with Gasteiger partial charge in [0.2, 0.25) is 0 Å². The Labute approximate surface area is 160 Å². The number of nitriles is 2. The zero-order valence-electron chi connectivity index (χ0n) is 16.6. The summed E-state index contributed by atoms with van der Waals surface area (Å²) in [6, 6.07) is 8.17. The van der Waals surface area contributed by atoms with Gasteiger partial charge in [-0.1, -0.05) is 12.1 Å². The van der Waals surface area contributed by atoms with Crippen LogP contribution in [0, 0.1) is 69.6 Å². The number of hydrogen-bond donors (Lipinski definition) is 2. The Morgan fingerprint density at radius 1 is 0.778 bits per heavy atom. The standard InChI is InChI=1S/C11H13N3.C11H10N2/c1-5-4-6(2)8-9(7(5)3)11(13)14-10(8)12;1-7-4-8(2)10(5-12)11(6-13)9(7)3/h4H,1-3H3,(H3,12,13,14);4H,1-3H3. The molecule has 5 nitrogen and oxygen atoms in total. The van der Waals surface area contributed by atoms with Crippen LogP contribution < -0.4 is 5.73 Å². The summed E-state index contributed by atoms with van der Waals surface area (Å²) in [5.74, 6) is 0.771. The van der Waals surface area contributed by atoms with Crippen LogP contribution in [0.2, 0.25) is 0 Å². The number of nitrogens with two attached hydrogens (primary N) is 1. The molecule has 0 fully saturated rings. The molecule has 0 unspecified atom stereocenters. The van der Waals surface area contributed by atoms with Gasteiger partial charge >= 0.3 is 0 Å². The average molecular weight is 357 g/mol. The molecule has 0 aliphatic carbocycles. The lowest BCUT2D eigenvalue weighted by molar-refractivity contribution is 1.24. The Morgan fingerprint density at radius 2 is 1.30 bits per heavy atom. The van der Waals surface area contributed by atoms with Crippen LogP contribution in [0.25, 0.3) is 0 Å². The van der Waals surface area contributed by atoms with Gasteiger partial charge in [0.15, 0.2) is 5.84 Å². The van der Waals surface area contributed by atoms with Crippen molar-refractivity contribution in [3.8, 4) is 12.1 Å². The van der Waals surface area contributed by atoms with Crippen LogP contribution in [0.5, 0.6) is 0 Å². The molecule has 1 aliphatic rings. The second-order valence-corrected chi connectivity index (χ2v) is 6.84. The second-order valence-electron chi connectivity index (χ2n) is 6.84. The van der Waals surface area contributed by atoms with Crippen molar-refractivity contribution < 1.29 is 0 Å². The molecule has 0 atom stereocenters. The van der Waals surface area contributed by atoms with Gasteiger partial charge in [-0.25, -0.2) is 4.99 Å². The highest BCUT2D eigenvalue weighted by molar-refractivity contribution is 6.22. The smallest absolute Gasteiger partial charge is 0.155 e. The lowest BCUT2D eigenvalue weighted by atomic mass is 9.94. The van der Waals surface area contributed by atoms with Crippen LogP contribution in [0.1, 0.15) is 55.6 Å². The van der Waals surface area contributed by atoms with E-state index < -0.39 is 0 Å². The summed E-state index contributed by atoms with van der Waals surface area (Å²) in [6.45, 7) is 11.7. The summed E-state index contributed by atoms with van der Waals surface area (Å²) in [6.07, 6.45) is 0. The Morgan fingerprint density at radius 3 is 1.85 bits per heavy atom. The van der Waals surface area contributed by atoms with Crippen LogP contribution >= 0.6 is 0 Å². The van der Waals surface area contributed by atoms with Gasteiger partial charge in [0.25, 0.3) is 0 Å². The minimum absolute atomic E-state index is 0.293. The number of rotatable bonds is 0. The summed E-state index contributed by atoms with van der Waals surface area (Å²) in [5, 5.41) is 25.5. The van der Waals surface area contributed by atoms with Gasteiger partial charge in [-0.3, -0.25) is 5.41 Å². The molecule has 0 radical (unpaired) electrons. The predicted octanol–water partition coefficient (Wildman–Crippen LogP) is 4.01. The first kappa shape index (κ1) is 19.9. The van der Waals surface area contributed by atoms with Crippen molar-refractivity contribution in [3.05, 3.63) is 67.8 Å². The van der Waals surface area contributed by atoms with E-state index in [4.69, 9.17) is 21.7 Å². The first-order valence-electron chi connectivity index (χ1n) is 8.59. The monoisotopic (exact) mass is 357 g/mol. The fourth-order valence-corrected chi connectivity index (χ4v) is 3.32. The normalized spacial score (nSPS) is 11.7. The molecule has 1 aliphatic heterocycles. The summed E-state index contributed by atoms with van der Waals surface area (Å²) in [4.78, 5) is 4.00. The molecule has 3 N–H and O–H groups in total. The summed E-state index contributed by atoms with van der Waals surface area (Å²) in [5.41, 5.74) is 14.9. The molecule has 0 saturated heterocycles. The van der Waals surface area contributed by atoms with E-state index in [0.29, 0.717) is 22.8 Å². The highest BCUT2D eigenvalue weighted by Gasteiger charge is 2.23. The number of nitrogens with zero attached hydrogens (tertiary/aromatic N) is 3. The molecule has 1 heterocycles. The number of aliphatic imine (C=N–C) groups is 1. The van der Waals surface area contributed by atoms with E-state index in [0.717, 1.165) is 38.9 Å². The molecule has 0 aromatic heterocycles. The average Bonchev–Trinajstić information content (AvgIpc) is 2.91. The molecule has 2 aromatic rings. The fourth-order valence-electron chi connectivity index (χ4n) is 3.32. The molecule has 3 rings (SSSR count). The Kier molecular flexibility index (Phi) is 5.47. The van der Waals surface area contributed by atoms with E-state index in [9.17, 15) is 0 Å². The molecule has 27 heavy (non-hydrogen) atoms. The fraction of sp³-hybridized carbons (Fsp3) is 0.273. The third-order valence-corrected chi connectivity index (χ3v) is 5.04. The minimum atomic E-state index is 0.293. The van der Waals surface area contributed by atoms with Crippen molar-refractivity contribution in [1.29, 1.82) is 15.9 Å². The lowest BCUT2D eigenvalue weighted by Crippen LogP contribution is -2.13. The number of aryl methyl sites for hydroxylation is 4. The van der Waals surface area contributed by atoms with Crippen molar-refractivity contribution in [2.45, 2.75) is 41.5 Å². The van der Waals surface area contributed by atoms with Crippen LogP contribution in [0.15, 0.2) is 17.1 Å². The zero-order valence-corrected chi connectivity index (χ0v) is 16.6. The van der Waals surface area contributed by atoms with Gasteiger partial charge < -0.3 is 5.73 Å². The van der Waals surface area contributed by atoms with Crippen molar-refractivity contribution in [1.82, 2.24) is 0 Å². The Balaban J connectivity index is 0.000000194. The molecule has 5 heteroatoms. The van der Waals surface area contributed by atoms with Crippen LogP contribution in [-0.4, -0.2) is 11.7 Å². The van der Waals surface area contributed by atoms with Gasteiger partial charge in [0.1, 0.15) is 18.0 Å². The molecule has 0 amide bonds. The van der Waals surface area contributed by atoms with Crippen LogP contribution in [-0.2, 0) is 0 Å². The maximum Gasteiger partial charge on any atom is 0.155 e. The van der Waals surface area contributed by atoms with E-state index in [-0.39, 0.29) is 0 Å². The predicted molar refractivity (Wildman–Crippen MR) is 108 cm³/mol. The van der Waals surface area contributed by atoms with Crippen molar-refractivity contribution in [3.63, 3.8) is 0 Å². The second kappa shape index (κ2) is 7.43. The molecule has 0 saturated carbocycles.